The maximum absolute atomic E-state index is 11.3. The Kier molecular flexibility index (Phi) is 4.73. The number of hydrogen-bond donors (Lipinski definition) is 1. The van der Waals surface area contributed by atoms with Crippen LogP contribution in [0.15, 0.2) is 18.5 Å². The molecule has 18 heavy (non-hydrogen) atoms. The molecular formula is C14H18N2O2. The number of alkyl carbamates (subject to hydrolysis) is 1. The standard InChI is InChI=1S/C14H18N2O2/c1-11-7-9-15-10-12(11)6-5-8-16-13(17)18-14(2,3)4/h7,9-10H,8H2,1-4H3,(H,16,17). The van der Waals surface area contributed by atoms with E-state index in [2.05, 4.69) is 22.1 Å². The van der Waals surface area contributed by atoms with E-state index in [9.17, 15) is 4.79 Å². The first-order chi connectivity index (χ1) is 8.38. The Balaban J connectivity index is 2.44. The van der Waals surface area contributed by atoms with Crippen molar-refractivity contribution in [2.24, 2.45) is 0 Å². The van der Waals surface area contributed by atoms with Crippen LogP contribution in [-0.4, -0.2) is 23.2 Å². The SMILES string of the molecule is Cc1ccncc1C#CCNC(=O)OC(C)(C)C. The predicted molar refractivity (Wildman–Crippen MR) is 70.1 cm³/mol. The highest BCUT2D eigenvalue weighted by Gasteiger charge is 2.14. The van der Waals surface area contributed by atoms with Gasteiger partial charge in [0.25, 0.3) is 0 Å². The van der Waals surface area contributed by atoms with Crippen molar-refractivity contribution in [1.29, 1.82) is 0 Å². The molecule has 0 aliphatic rings. The van der Waals surface area contributed by atoms with Gasteiger partial charge in [-0.3, -0.25) is 4.98 Å². The summed E-state index contributed by atoms with van der Waals surface area (Å²) in [5.74, 6) is 5.81. The van der Waals surface area contributed by atoms with Gasteiger partial charge in [0, 0.05) is 18.0 Å². The molecule has 0 spiro atoms. The minimum Gasteiger partial charge on any atom is -0.444 e. The fourth-order valence-corrected chi connectivity index (χ4v) is 1.16. The van der Waals surface area contributed by atoms with Crippen molar-refractivity contribution in [2.75, 3.05) is 6.54 Å². The molecule has 0 aliphatic carbocycles. The van der Waals surface area contributed by atoms with E-state index in [-0.39, 0.29) is 6.54 Å². The second-order valence-corrected chi connectivity index (χ2v) is 4.85. The quantitative estimate of drug-likeness (QED) is 0.773. The van der Waals surface area contributed by atoms with Gasteiger partial charge >= 0.3 is 6.09 Å². The second kappa shape index (κ2) is 6.06. The molecule has 4 heteroatoms. The van der Waals surface area contributed by atoms with Crippen LogP contribution >= 0.6 is 0 Å². The van der Waals surface area contributed by atoms with Crippen LogP contribution in [0.4, 0.5) is 4.79 Å². The molecule has 1 heterocycles. The molecule has 1 N–H and O–H groups in total. The monoisotopic (exact) mass is 246 g/mol. The van der Waals surface area contributed by atoms with E-state index in [1.807, 2.05) is 33.8 Å². The third-order valence-electron chi connectivity index (χ3n) is 1.98. The van der Waals surface area contributed by atoms with Crippen LogP contribution in [0.2, 0.25) is 0 Å². The Morgan fingerprint density at radius 1 is 1.50 bits per heavy atom. The highest BCUT2D eigenvalue weighted by Crippen LogP contribution is 2.06. The molecule has 0 fully saturated rings. The molecule has 0 aliphatic heterocycles. The van der Waals surface area contributed by atoms with Gasteiger partial charge in [0.2, 0.25) is 0 Å². The van der Waals surface area contributed by atoms with Crippen LogP contribution in [0.5, 0.6) is 0 Å². The summed E-state index contributed by atoms with van der Waals surface area (Å²) in [4.78, 5) is 15.3. The number of rotatable bonds is 1. The van der Waals surface area contributed by atoms with Crippen LogP contribution in [-0.2, 0) is 4.74 Å². The first kappa shape index (κ1) is 14.0. The zero-order chi connectivity index (χ0) is 13.6. The Hall–Kier alpha value is -2.02. The average Bonchev–Trinajstić information content (AvgIpc) is 2.24. The molecule has 1 rings (SSSR count). The minimum atomic E-state index is -0.489. The van der Waals surface area contributed by atoms with E-state index >= 15 is 0 Å². The number of nitrogens with one attached hydrogen (secondary N) is 1. The minimum absolute atomic E-state index is 0.253. The first-order valence-electron chi connectivity index (χ1n) is 5.75. The highest BCUT2D eigenvalue weighted by atomic mass is 16.6. The van der Waals surface area contributed by atoms with E-state index in [0.29, 0.717) is 0 Å². The second-order valence-electron chi connectivity index (χ2n) is 4.85. The molecule has 1 amide bonds. The normalized spacial score (nSPS) is 10.2. The summed E-state index contributed by atoms with van der Waals surface area (Å²) in [6, 6.07) is 1.89. The topological polar surface area (TPSA) is 51.2 Å². The molecule has 1 aromatic rings. The molecule has 4 nitrogen and oxygen atoms in total. The van der Waals surface area contributed by atoms with Crippen LogP contribution in [0.1, 0.15) is 31.9 Å². The predicted octanol–water partition coefficient (Wildman–Crippen LogP) is 2.27. The number of nitrogens with zero attached hydrogens (tertiary/aromatic N) is 1. The van der Waals surface area contributed by atoms with E-state index in [0.717, 1.165) is 11.1 Å². The highest BCUT2D eigenvalue weighted by molar-refractivity contribution is 5.68. The zero-order valence-corrected chi connectivity index (χ0v) is 11.2. The van der Waals surface area contributed by atoms with Crippen molar-refractivity contribution in [3.05, 3.63) is 29.6 Å². The van der Waals surface area contributed by atoms with E-state index in [1.54, 1.807) is 12.4 Å². The lowest BCUT2D eigenvalue weighted by atomic mass is 10.2. The maximum Gasteiger partial charge on any atom is 0.408 e. The van der Waals surface area contributed by atoms with Crippen LogP contribution in [0.25, 0.3) is 0 Å². The summed E-state index contributed by atoms with van der Waals surface area (Å²) in [6.07, 6.45) is 2.97. The summed E-state index contributed by atoms with van der Waals surface area (Å²) in [6.45, 7) is 7.67. The molecule has 0 radical (unpaired) electrons. The molecule has 1 aromatic heterocycles. The summed E-state index contributed by atoms with van der Waals surface area (Å²) in [5.41, 5.74) is 1.44. The third-order valence-corrected chi connectivity index (χ3v) is 1.98. The zero-order valence-electron chi connectivity index (χ0n) is 11.2. The number of pyridine rings is 1. The smallest absolute Gasteiger partial charge is 0.408 e. The summed E-state index contributed by atoms with van der Waals surface area (Å²) in [7, 11) is 0. The summed E-state index contributed by atoms with van der Waals surface area (Å²) < 4.78 is 5.08. The van der Waals surface area contributed by atoms with Crippen molar-refractivity contribution in [3.63, 3.8) is 0 Å². The average molecular weight is 246 g/mol. The molecule has 0 saturated heterocycles. The largest absolute Gasteiger partial charge is 0.444 e. The van der Waals surface area contributed by atoms with Crippen molar-refractivity contribution in [1.82, 2.24) is 10.3 Å². The van der Waals surface area contributed by atoms with Crippen molar-refractivity contribution in [2.45, 2.75) is 33.3 Å². The van der Waals surface area contributed by atoms with Crippen LogP contribution < -0.4 is 5.32 Å². The van der Waals surface area contributed by atoms with Gasteiger partial charge in [0.15, 0.2) is 0 Å². The van der Waals surface area contributed by atoms with Crippen molar-refractivity contribution in [3.8, 4) is 11.8 Å². The molecule has 0 unspecified atom stereocenters. The molecule has 96 valence electrons. The summed E-state index contributed by atoms with van der Waals surface area (Å²) in [5, 5.41) is 2.57. The van der Waals surface area contributed by atoms with Crippen molar-refractivity contribution >= 4 is 6.09 Å². The Morgan fingerprint density at radius 3 is 2.83 bits per heavy atom. The fourth-order valence-electron chi connectivity index (χ4n) is 1.16. The van der Waals surface area contributed by atoms with Gasteiger partial charge in [-0.05, 0) is 39.3 Å². The van der Waals surface area contributed by atoms with Gasteiger partial charge < -0.3 is 10.1 Å². The van der Waals surface area contributed by atoms with Gasteiger partial charge in [0.1, 0.15) is 5.60 Å². The lowest BCUT2D eigenvalue weighted by Crippen LogP contribution is -2.32. The van der Waals surface area contributed by atoms with Gasteiger partial charge in [-0.25, -0.2) is 4.79 Å². The van der Waals surface area contributed by atoms with Crippen molar-refractivity contribution < 1.29 is 9.53 Å². The van der Waals surface area contributed by atoms with Crippen LogP contribution in [0, 0.1) is 18.8 Å². The maximum atomic E-state index is 11.3. The fraction of sp³-hybridized carbons (Fsp3) is 0.429. The number of ether oxygens (including phenoxy) is 1. The van der Waals surface area contributed by atoms with E-state index in [4.69, 9.17) is 4.74 Å². The molecule has 0 bridgehead atoms. The number of aryl methyl sites for hydroxylation is 1. The number of amides is 1. The van der Waals surface area contributed by atoms with E-state index < -0.39 is 11.7 Å². The Morgan fingerprint density at radius 2 is 2.22 bits per heavy atom. The Labute approximate surface area is 108 Å². The molecular weight excluding hydrogens is 228 g/mol. The number of carbonyl (C=O) groups excluding carboxylic acids is 1. The summed E-state index contributed by atoms with van der Waals surface area (Å²) >= 11 is 0. The van der Waals surface area contributed by atoms with Gasteiger partial charge in [-0.1, -0.05) is 11.8 Å². The molecule has 0 aromatic carbocycles. The van der Waals surface area contributed by atoms with Gasteiger partial charge in [0.05, 0.1) is 6.54 Å². The lowest BCUT2D eigenvalue weighted by molar-refractivity contribution is 0.0535. The number of carbonyl (C=O) groups is 1. The first-order valence-corrected chi connectivity index (χ1v) is 5.75. The lowest BCUT2D eigenvalue weighted by Gasteiger charge is -2.18. The van der Waals surface area contributed by atoms with E-state index in [1.165, 1.54) is 0 Å². The number of aromatic nitrogens is 1. The molecule has 0 saturated carbocycles. The Bertz CT molecular complexity index is 479. The van der Waals surface area contributed by atoms with Crippen LogP contribution in [0.3, 0.4) is 0 Å². The van der Waals surface area contributed by atoms with Gasteiger partial charge in [-0.2, -0.15) is 0 Å². The number of hydrogen-bond acceptors (Lipinski definition) is 3. The molecule has 0 atom stereocenters. The third kappa shape index (κ3) is 5.35. The van der Waals surface area contributed by atoms with Gasteiger partial charge in [-0.15, -0.1) is 0 Å².